The van der Waals surface area contributed by atoms with Gasteiger partial charge in [0.25, 0.3) is 0 Å². The van der Waals surface area contributed by atoms with Crippen molar-refractivity contribution >= 4 is 0 Å². The molecule has 0 nitrogen and oxygen atoms in total. The summed E-state index contributed by atoms with van der Waals surface area (Å²) in [5.41, 5.74) is 0.463. The first-order chi connectivity index (χ1) is 5.59. The molecule has 0 aliphatic heterocycles. The fourth-order valence-corrected chi connectivity index (χ4v) is 1.14. The molecule has 1 rings (SSSR count). The summed E-state index contributed by atoms with van der Waals surface area (Å²) in [6.07, 6.45) is 0.587. The molecule has 0 aliphatic carbocycles. The normalized spacial score (nSPS) is 10.8. The number of hydrogen-bond acceptors (Lipinski definition) is 0. The van der Waals surface area contributed by atoms with Crippen LogP contribution >= 0.6 is 0 Å². The molecule has 0 radical (unpaired) electrons. The summed E-state index contributed by atoms with van der Waals surface area (Å²) >= 11 is 0. The third kappa shape index (κ3) is 2.29. The molecule has 0 N–H and O–H groups in total. The molecule has 0 heterocycles. The molecule has 12 heavy (non-hydrogen) atoms. The zero-order valence-electron chi connectivity index (χ0n) is 7.27. The van der Waals surface area contributed by atoms with Gasteiger partial charge in [-0.2, -0.15) is 0 Å². The van der Waals surface area contributed by atoms with Crippen LogP contribution in [-0.4, -0.2) is 0 Å². The van der Waals surface area contributed by atoms with Gasteiger partial charge < -0.3 is 0 Å². The largest absolute Gasteiger partial charge is 0.207 e. The van der Waals surface area contributed by atoms with E-state index in [0.29, 0.717) is 17.9 Å². The van der Waals surface area contributed by atoms with E-state index in [1.807, 2.05) is 13.8 Å². The van der Waals surface area contributed by atoms with Crippen LogP contribution in [0, 0.1) is 17.6 Å². The Morgan fingerprint density at radius 2 is 1.92 bits per heavy atom. The maximum Gasteiger partial charge on any atom is 0.126 e. The van der Waals surface area contributed by atoms with E-state index in [4.69, 9.17) is 0 Å². The van der Waals surface area contributed by atoms with Crippen molar-refractivity contribution in [2.45, 2.75) is 20.3 Å². The molecule has 0 bridgehead atoms. The zero-order chi connectivity index (χ0) is 9.14. The monoisotopic (exact) mass is 170 g/mol. The summed E-state index contributed by atoms with van der Waals surface area (Å²) in [6.45, 7) is 3.95. The summed E-state index contributed by atoms with van der Waals surface area (Å²) in [4.78, 5) is 0. The van der Waals surface area contributed by atoms with Crippen molar-refractivity contribution in [3.8, 4) is 0 Å². The van der Waals surface area contributed by atoms with Gasteiger partial charge in [0.2, 0.25) is 0 Å². The summed E-state index contributed by atoms with van der Waals surface area (Å²) < 4.78 is 25.6. The van der Waals surface area contributed by atoms with Crippen LogP contribution in [0.4, 0.5) is 8.78 Å². The highest BCUT2D eigenvalue weighted by atomic mass is 19.1. The second-order valence-corrected chi connectivity index (χ2v) is 3.33. The van der Waals surface area contributed by atoms with Crippen molar-refractivity contribution in [2.75, 3.05) is 0 Å². The van der Waals surface area contributed by atoms with Crippen molar-refractivity contribution in [1.82, 2.24) is 0 Å². The van der Waals surface area contributed by atoms with Crippen LogP contribution in [0.15, 0.2) is 18.2 Å². The topological polar surface area (TPSA) is 0 Å². The Labute approximate surface area is 71.2 Å². The van der Waals surface area contributed by atoms with Crippen molar-refractivity contribution in [2.24, 2.45) is 5.92 Å². The van der Waals surface area contributed by atoms with E-state index in [1.165, 1.54) is 12.1 Å². The smallest absolute Gasteiger partial charge is 0.126 e. The predicted molar refractivity (Wildman–Crippen MR) is 44.9 cm³/mol. The second-order valence-electron chi connectivity index (χ2n) is 3.33. The molecule has 0 atom stereocenters. The summed E-state index contributed by atoms with van der Waals surface area (Å²) in [5, 5.41) is 0. The number of halogens is 2. The van der Waals surface area contributed by atoms with Crippen LogP contribution in [0.5, 0.6) is 0 Å². The number of benzene rings is 1. The van der Waals surface area contributed by atoms with E-state index in [0.717, 1.165) is 6.07 Å². The molecule has 66 valence electrons. The molecule has 0 spiro atoms. The summed E-state index contributed by atoms with van der Waals surface area (Å²) in [5.74, 6) is -0.335. The molecule has 0 amide bonds. The van der Waals surface area contributed by atoms with E-state index >= 15 is 0 Å². The Kier molecular flexibility index (Phi) is 2.79. The molecule has 0 unspecified atom stereocenters. The Hall–Kier alpha value is -0.920. The van der Waals surface area contributed by atoms with Crippen LogP contribution in [0.25, 0.3) is 0 Å². The predicted octanol–water partition coefficient (Wildman–Crippen LogP) is 3.16. The summed E-state index contributed by atoms with van der Waals surface area (Å²) in [6, 6.07) is 3.57. The maximum absolute atomic E-state index is 13.0. The van der Waals surface area contributed by atoms with Crippen molar-refractivity contribution in [3.05, 3.63) is 35.4 Å². The molecule has 0 saturated carbocycles. The maximum atomic E-state index is 13.0. The molecular formula is C10H12F2. The van der Waals surface area contributed by atoms with E-state index in [2.05, 4.69) is 0 Å². The molecule has 2 heteroatoms. The van der Waals surface area contributed by atoms with Gasteiger partial charge in [-0.1, -0.05) is 13.8 Å². The minimum Gasteiger partial charge on any atom is -0.207 e. The van der Waals surface area contributed by atoms with Crippen LogP contribution < -0.4 is 0 Å². The number of hydrogen-bond donors (Lipinski definition) is 0. The average Bonchev–Trinajstić information content (AvgIpc) is 1.96. The second kappa shape index (κ2) is 3.65. The van der Waals surface area contributed by atoms with Crippen LogP contribution in [0.3, 0.4) is 0 Å². The molecule has 0 aromatic heterocycles. The first-order valence-electron chi connectivity index (χ1n) is 4.03. The minimum absolute atomic E-state index is 0.315. The summed E-state index contributed by atoms with van der Waals surface area (Å²) in [7, 11) is 0. The Morgan fingerprint density at radius 3 is 2.50 bits per heavy atom. The molecule has 0 fully saturated rings. The SMILES string of the molecule is CC(C)Cc1cc(F)ccc1F. The highest BCUT2D eigenvalue weighted by Crippen LogP contribution is 2.13. The van der Waals surface area contributed by atoms with E-state index < -0.39 is 0 Å². The first-order valence-corrected chi connectivity index (χ1v) is 4.03. The number of rotatable bonds is 2. The van der Waals surface area contributed by atoms with Gasteiger partial charge in [0, 0.05) is 0 Å². The Bertz CT molecular complexity index is 267. The highest BCUT2D eigenvalue weighted by molar-refractivity contribution is 5.18. The third-order valence-corrected chi connectivity index (χ3v) is 1.64. The van der Waals surface area contributed by atoms with Crippen molar-refractivity contribution < 1.29 is 8.78 Å². The molecule has 0 aliphatic rings. The van der Waals surface area contributed by atoms with Crippen LogP contribution in [-0.2, 0) is 6.42 Å². The third-order valence-electron chi connectivity index (χ3n) is 1.64. The van der Waals surface area contributed by atoms with Crippen LogP contribution in [0.1, 0.15) is 19.4 Å². The van der Waals surface area contributed by atoms with Gasteiger partial charge in [-0.15, -0.1) is 0 Å². The van der Waals surface area contributed by atoms with Gasteiger partial charge in [-0.3, -0.25) is 0 Å². The standard InChI is InChI=1S/C10H12F2/c1-7(2)5-8-6-9(11)3-4-10(8)12/h3-4,6-7H,5H2,1-2H3. The molecule has 1 aromatic carbocycles. The van der Waals surface area contributed by atoms with E-state index in [9.17, 15) is 8.78 Å². The zero-order valence-corrected chi connectivity index (χ0v) is 7.27. The quantitative estimate of drug-likeness (QED) is 0.639. The Balaban J connectivity index is 2.90. The lowest BCUT2D eigenvalue weighted by molar-refractivity contribution is 0.558. The van der Waals surface area contributed by atoms with Crippen LogP contribution in [0.2, 0.25) is 0 Å². The van der Waals surface area contributed by atoms with Gasteiger partial charge in [-0.05, 0) is 36.1 Å². The lowest BCUT2D eigenvalue weighted by atomic mass is 10.0. The van der Waals surface area contributed by atoms with Gasteiger partial charge in [0.15, 0.2) is 0 Å². The fraction of sp³-hybridized carbons (Fsp3) is 0.400. The molecule has 1 aromatic rings. The lowest BCUT2D eigenvalue weighted by Gasteiger charge is -2.05. The van der Waals surface area contributed by atoms with E-state index in [-0.39, 0.29) is 11.6 Å². The van der Waals surface area contributed by atoms with E-state index in [1.54, 1.807) is 0 Å². The Morgan fingerprint density at radius 1 is 1.25 bits per heavy atom. The fourth-order valence-electron chi connectivity index (χ4n) is 1.14. The van der Waals surface area contributed by atoms with Crippen molar-refractivity contribution in [1.29, 1.82) is 0 Å². The van der Waals surface area contributed by atoms with Gasteiger partial charge in [-0.25, -0.2) is 8.78 Å². The van der Waals surface area contributed by atoms with Crippen molar-refractivity contribution in [3.63, 3.8) is 0 Å². The van der Waals surface area contributed by atoms with Gasteiger partial charge in [0.05, 0.1) is 0 Å². The first kappa shape index (κ1) is 9.17. The highest BCUT2D eigenvalue weighted by Gasteiger charge is 2.05. The van der Waals surface area contributed by atoms with Gasteiger partial charge >= 0.3 is 0 Å². The molecule has 0 saturated heterocycles. The minimum atomic E-state index is -0.368. The lowest BCUT2D eigenvalue weighted by Crippen LogP contribution is -1.97. The average molecular weight is 170 g/mol. The van der Waals surface area contributed by atoms with Gasteiger partial charge in [0.1, 0.15) is 11.6 Å². The molecular weight excluding hydrogens is 158 g/mol.